The Bertz CT molecular complexity index is 647. The Morgan fingerprint density at radius 3 is 2.73 bits per heavy atom. The van der Waals surface area contributed by atoms with Gasteiger partial charge in [0.05, 0.1) is 5.01 Å². The Hall–Kier alpha value is -2.14. The van der Waals surface area contributed by atoms with E-state index in [4.69, 9.17) is 4.74 Å². The van der Waals surface area contributed by atoms with E-state index in [1.807, 2.05) is 31.2 Å². The molecule has 0 saturated carbocycles. The summed E-state index contributed by atoms with van der Waals surface area (Å²) < 4.78 is 5.52. The van der Waals surface area contributed by atoms with E-state index in [1.54, 1.807) is 5.38 Å². The minimum atomic E-state index is -0.186. The molecule has 22 heavy (non-hydrogen) atoms. The molecule has 1 heterocycles. The van der Waals surface area contributed by atoms with Gasteiger partial charge in [-0.25, -0.2) is 4.98 Å². The maximum Gasteiger partial charge on any atom is 0.275 e. The second kappa shape index (κ2) is 7.75. The van der Waals surface area contributed by atoms with Crippen molar-refractivity contribution < 1.29 is 9.53 Å². The number of thiazole rings is 1. The number of ether oxygens (including phenoxy) is 1. The van der Waals surface area contributed by atoms with Crippen LogP contribution in [0, 0.1) is 0 Å². The predicted molar refractivity (Wildman–Crippen MR) is 90.8 cm³/mol. The van der Waals surface area contributed by atoms with Crippen LogP contribution in [0.3, 0.4) is 0 Å². The number of anilines is 1. The lowest BCUT2D eigenvalue weighted by atomic mass is 10.3. The lowest BCUT2D eigenvalue weighted by Gasteiger charge is -2.07. The molecule has 0 radical (unpaired) electrons. The second-order valence-corrected chi connectivity index (χ2v) is 6.04. The molecule has 0 spiro atoms. The minimum Gasteiger partial charge on any atom is -0.489 e. The largest absolute Gasteiger partial charge is 0.489 e. The molecule has 0 saturated heterocycles. The highest BCUT2D eigenvalue weighted by molar-refractivity contribution is 7.09. The molecule has 1 aromatic heterocycles. The van der Waals surface area contributed by atoms with Crippen molar-refractivity contribution in [3.63, 3.8) is 0 Å². The van der Waals surface area contributed by atoms with E-state index in [9.17, 15) is 4.79 Å². The van der Waals surface area contributed by atoms with E-state index < -0.39 is 0 Å². The zero-order valence-electron chi connectivity index (χ0n) is 12.9. The molecule has 2 aromatic rings. The van der Waals surface area contributed by atoms with Crippen LogP contribution >= 0.6 is 11.3 Å². The van der Waals surface area contributed by atoms with Crippen LogP contribution in [-0.4, -0.2) is 17.5 Å². The first-order valence-corrected chi connectivity index (χ1v) is 8.09. The zero-order chi connectivity index (χ0) is 15.9. The molecule has 1 aromatic carbocycles. The van der Waals surface area contributed by atoms with Crippen LogP contribution in [-0.2, 0) is 6.42 Å². The van der Waals surface area contributed by atoms with Crippen LogP contribution in [0.4, 0.5) is 5.69 Å². The van der Waals surface area contributed by atoms with Crippen LogP contribution in [0.15, 0.2) is 41.8 Å². The van der Waals surface area contributed by atoms with Crippen molar-refractivity contribution in [2.75, 3.05) is 11.9 Å². The minimum absolute atomic E-state index is 0.186. The second-order valence-electron chi connectivity index (χ2n) is 5.10. The number of nitrogens with zero attached hydrogens (tertiary/aromatic N) is 1. The van der Waals surface area contributed by atoms with Gasteiger partial charge in [0.15, 0.2) is 0 Å². The molecule has 0 aliphatic carbocycles. The number of carbonyl (C=O) groups is 1. The lowest BCUT2D eigenvalue weighted by Crippen LogP contribution is -2.12. The van der Waals surface area contributed by atoms with Gasteiger partial charge < -0.3 is 10.1 Å². The summed E-state index contributed by atoms with van der Waals surface area (Å²) in [6.45, 7) is 8.29. The van der Waals surface area contributed by atoms with Gasteiger partial charge in [-0.3, -0.25) is 4.79 Å². The number of rotatable bonds is 7. The van der Waals surface area contributed by atoms with Crippen molar-refractivity contribution in [3.05, 3.63) is 52.5 Å². The van der Waals surface area contributed by atoms with E-state index in [1.165, 1.54) is 11.3 Å². The van der Waals surface area contributed by atoms with Crippen LogP contribution in [0.2, 0.25) is 0 Å². The summed E-state index contributed by atoms with van der Waals surface area (Å²) in [6.07, 6.45) is 1.94. The Kier molecular flexibility index (Phi) is 5.72. The Morgan fingerprint density at radius 1 is 1.36 bits per heavy atom. The van der Waals surface area contributed by atoms with E-state index in [-0.39, 0.29) is 5.91 Å². The number of hydrogen-bond acceptors (Lipinski definition) is 4. The number of benzene rings is 1. The Balaban J connectivity index is 1.94. The summed E-state index contributed by atoms with van der Waals surface area (Å²) in [5.41, 5.74) is 2.15. The monoisotopic (exact) mass is 316 g/mol. The highest BCUT2D eigenvalue weighted by Crippen LogP contribution is 2.18. The smallest absolute Gasteiger partial charge is 0.275 e. The number of aromatic nitrogens is 1. The van der Waals surface area contributed by atoms with Gasteiger partial charge in [0, 0.05) is 11.1 Å². The first-order chi connectivity index (χ1) is 10.6. The number of carbonyl (C=O) groups excluding carboxylic acids is 1. The predicted octanol–water partition coefficient (Wildman–Crippen LogP) is 4.30. The summed E-state index contributed by atoms with van der Waals surface area (Å²) >= 11 is 1.52. The van der Waals surface area contributed by atoms with Gasteiger partial charge in [0.1, 0.15) is 18.1 Å². The van der Waals surface area contributed by atoms with Gasteiger partial charge in [0.25, 0.3) is 5.91 Å². The molecular weight excluding hydrogens is 296 g/mol. The van der Waals surface area contributed by atoms with Gasteiger partial charge in [-0.05, 0) is 49.6 Å². The molecule has 0 aliphatic rings. The normalized spacial score (nSPS) is 10.3. The molecule has 0 bridgehead atoms. The van der Waals surface area contributed by atoms with E-state index in [2.05, 4.69) is 23.8 Å². The van der Waals surface area contributed by atoms with Crippen molar-refractivity contribution in [2.24, 2.45) is 0 Å². The van der Waals surface area contributed by atoms with Crippen molar-refractivity contribution in [1.82, 2.24) is 4.98 Å². The van der Waals surface area contributed by atoms with Crippen LogP contribution in [0.25, 0.3) is 0 Å². The van der Waals surface area contributed by atoms with Gasteiger partial charge in [-0.1, -0.05) is 13.5 Å². The van der Waals surface area contributed by atoms with E-state index >= 15 is 0 Å². The molecule has 0 aliphatic heterocycles. The van der Waals surface area contributed by atoms with E-state index in [0.717, 1.165) is 34.9 Å². The molecule has 0 atom stereocenters. The van der Waals surface area contributed by atoms with Crippen molar-refractivity contribution in [1.29, 1.82) is 0 Å². The third-order valence-electron chi connectivity index (χ3n) is 2.85. The molecule has 116 valence electrons. The lowest BCUT2D eigenvalue weighted by molar-refractivity contribution is 0.102. The standard InChI is InChI=1S/C17H20N2O2S/c1-4-5-16-19-15(11-22-16)17(20)18-13-6-8-14(9-7-13)21-10-12(2)3/h6-9,11H,2,4-5,10H2,1,3H3,(H,18,20). The van der Waals surface area contributed by atoms with Crippen LogP contribution in [0.5, 0.6) is 5.75 Å². The topological polar surface area (TPSA) is 51.2 Å². The van der Waals surface area contributed by atoms with Gasteiger partial charge >= 0.3 is 0 Å². The first-order valence-electron chi connectivity index (χ1n) is 7.21. The fourth-order valence-electron chi connectivity index (χ4n) is 1.78. The van der Waals surface area contributed by atoms with Gasteiger partial charge in [0.2, 0.25) is 0 Å². The van der Waals surface area contributed by atoms with Crippen LogP contribution in [0.1, 0.15) is 35.8 Å². The number of amides is 1. The average Bonchev–Trinajstić information content (AvgIpc) is 2.96. The third-order valence-corrected chi connectivity index (χ3v) is 3.75. The molecule has 4 nitrogen and oxygen atoms in total. The molecule has 0 fully saturated rings. The molecule has 1 amide bonds. The Labute approximate surface area is 134 Å². The third kappa shape index (κ3) is 4.70. The number of nitrogens with one attached hydrogen (secondary N) is 1. The fourth-order valence-corrected chi connectivity index (χ4v) is 2.66. The van der Waals surface area contributed by atoms with E-state index in [0.29, 0.717) is 12.3 Å². The quantitative estimate of drug-likeness (QED) is 0.775. The maximum absolute atomic E-state index is 12.1. The van der Waals surface area contributed by atoms with Crippen molar-refractivity contribution in [2.45, 2.75) is 26.7 Å². The molecule has 5 heteroatoms. The number of hydrogen-bond donors (Lipinski definition) is 1. The zero-order valence-corrected chi connectivity index (χ0v) is 13.7. The summed E-state index contributed by atoms with van der Waals surface area (Å²) in [4.78, 5) is 16.5. The highest BCUT2D eigenvalue weighted by atomic mass is 32.1. The Morgan fingerprint density at radius 2 is 2.09 bits per heavy atom. The molecular formula is C17H20N2O2S. The average molecular weight is 316 g/mol. The highest BCUT2D eigenvalue weighted by Gasteiger charge is 2.10. The fraction of sp³-hybridized carbons (Fsp3) is 0.294. The summed E-state index contributed by atoms with van der Waals surface area (Å²) in [5.74, 6) is 0.564. The summed E-state index contributed by atoms with van der Waals surface area (Å²) in [6, 6.07) is 7.26. The molecule has 2 rings (SSSR count). The SMILES string of the molecule is C=C(C)COc1ccc(NC(=O)c2csc(CCC)n2)cc1. The number of aryl methyl sites for hydroxylation is 1. The summed E-state index contributed by atoms with van der Waals surface area (Å²) in [5, 5.41) is 5.63. The van der Waals surface area contributed by atoms with Crippen LogP contribution < -0.4 is 10.1 Å². The molecule has 1 N–H and O–H groups in total. The van der Waals surface area contributed by atoms with Gasteiger partial charge in [-0.2, -0.15) is 0 Å². The molecule has 0 unspecified atom stereocenters. The van der Waals surface area contributed by atoms with Crippen molar-refractivity contribution >= 4 is 22.9 Å². The maximum atomic E-state index is 12.1. The van der Waals surface area contributed by atoms with Gasteiger partial charge in [-0.15, -0.1) is 11.3 Å². The van der Waals surface area contributed by atoms with Crippen molar-refractivity contribution in [3.8, 4) is 5.75 Å². The summed E-state index contributed by atoms with van der Waals surface area (Å²) in [7, 11) is 0. The first kappa shape index (κ1) is 16.2.